The van der Waals surface area contributed by atoms with Gasteiger partial charge < -0.3 is 13.0 Å². The van der Waals surface area contributed by atoms with Gasteiger partial charge in [-0.1, -0.05) is 0 Å². The lowest BCUT2D eigenvalue weighted by Gasteiger charge is -1.62. The summed E-state index contributed by atoms with van der Waals surface area (Å²) >= 11 is 0. The topological polar surface area (TPSA) is 54.4 Å². The highest BCUT2D eigenvalue weighted by atomic mass is 32.2. The fraction of sp³-hybridized carbons (Fsp3) is 0. The lowest BCUT2D eigenvalue weighted by molar-refractivity contribution is 0.452. The van der Waals surface area contributed by atoms with Crippen LogP contribution in [-0.2, 0) is 19.4 Å². The third-order valence-corrected chi connectivity index (χ3v) is 0. The van der Waals surface area contributed by atoms with Crippen LogP contribution in [-0.4, -0.2) is 4.55 Å². The van der Waals surface area contributed by atoms with Crippen LogP contribution in [0.3, 0.4) is 0 Å². The zero-order valence-electron chi connectivity index (χ0n) is 3.63. The van der Waals surface area contributed by atoms with E-state index in [1.54, 1.807) is 0 Å². The summed E-state index contributed by atoms with van der Waals surface area (Å²) in [6.07, 6.45) is 0. The minimum atomic E-state index is -6.39. The fourth-order valence-electron chi connectivity index (χ4n) is 0. The van der Waals surface area contributed by atoms with E-state index in [0.29, 0.717) is 0 Å². The van der Waals surface area contributed by atoms with Gasteiger partial charge in [-0.05, 0) is 0 Å². The molecule has 3 nitrogen and oxygen atoms in total. The maximum atomic E-state index is 9.80. The molecule has 0 saturated heterocycles. The average Bonchev–Trinajstić information content (AvgIpc) is 1.19. The van der Waals surface area contributed by atoms with Crippen molar-refractivity contribution in [3.05, 3.63) is 0 Å². The summed E-state index contributed by atoms with van der Waals surface area (Å²) < 4.78 is 63.3. The molecule has 0 aliphatic heterocycles. The van der Waals surface area contributed by atoms with Gasteiger partial charge in [0.2, 0.25) is 0 Å². The number of hydrogen-bond donors (Lipinski definition) is 1. The van der Waals surface area contributed by atoms with Crippen LogP contribution in [0.25, 0.3) is 0 Å². The number of rotatable bonds is 0. The van der Waals surface area contributed by atoms with Crippen LogP contribution >= 0.6 is 8.51 Å². The molecule has 0 atom stereocenters. The minimum absolute atomic E-state index is 2.86. The Balaban J connectivity index is 0. The highest BCUT2D eigenvalue weighted by Crippen LogP contribution is 2.65. The molecule has 0 fully saturated rings. The molecule has 0 aromatic heterocycles. The van der Waals surface area contributed by atoms with E-state index >= 15 is 0 Å². The Morgan fingerprint density at radius 1 is 1.11 bits per heavy atom. The Labute approximate surface area is 50.3 Å². The molecular formula is HF4O3PS. The van der Waals surface area contributed by atoms with E-state index in [9.17, 15) is 16.8 Å². The SMILES string of the molecule is F[P+](F)(F)F.O=[S-](=O)O. The third kappa shape index (κ3) is 82200. The average molecular weight is 188 g/mol. The number of hydrogen-bond acceptors (Lipinski definition) is 3. The summed E-state index contributed by atoms with van der Waals surface area (Å²) in [4.78, 5) is 0. The molecule has 0 amide bonds. The van der Waals surface area contributed by atoms with Crippen LogP contribution in [0.5, 0.6) is 0 Å². The van der Waals surface area contributed by atoms with Gasteiger partial charge in [-0.25, -0.2) is 0 Å². The van der Waals surface area contributed by atoms with Gasteiger partial charge >= 0.3 is 8.51 Å². The maximum Gasteiger partial charge on any atom is 0.755 e. The normalized spacial score (nSPS) is 10.4. The molecule has 0 unspecified atom stereocenters. The molecule has 0 aliphatic carbocycles. The summed E-state index contributed by atoms with van der Waals surface area (Å²) in [6.45, 7) is 0. The summed E-state index contributed by atoms with van der Waals surface area (Å²) in [5.41, 5.74) is 0. The van der Waals surface area contributed by atoms with E-state index in [1.807, 2.05) is 0 Å². The summed E-state index contributed by atoms with van der Waals surface area (Å²) in [5.74, 6) is 0. The fourth-order valence-corrected chi connectivity index (χ4v) is 0. The molecule has 9 heteroatoms. The summed E-state index contributed by atoms with van der Waals surface area (Å²) in [7, 11) is -9.25. The van der Waals surface area contributed by atoms with Crippen LogP contribution in [0.4, 0.5) is 16.8 Å². The second-order valence-corrected chi connectivity index (χ2v) is 1.80. The van der Waals surface area contributed by atoms with Crippen molar-refractivity contribution in [3.63, 3.8) is 0 Å². The third-order valence-electron chi connectivity index (χ3n) is 0. The summed E-state index contributed by atoms with van der Waals surface area (Å²) in [5, 5.41) is 0. The van der Waals surface area contributed by atoms with Crippen molar-refractivity contribution in [1.29, 1.82) is 0 Å². The highest BCUT2D eigenvalue weighted by Gasteiger charge is 2.44. The van der Waals surface area contributed by atoms with Crippen molar-refractivity contribution in [2.24, 2.45) is 0 Å². The predicted molar refractivity (Wildman–Crippen MR) is 22.7 cm³/mol. The van der Waals surface area contributed by atoms with Crippen LogP contribution < -0.4 is 0 Å². The lowest BCUT2D eigenvalue weighted by Crippen LogP contribution is -1.52. The Morgan fingerprint density at radius 2 is 1.11 bits per heavy atom. The minimum Gasteiger partial charge on any atom is -0.439 e. The second-order valence-electron chi connectivity index (χ2n) is 0.600. The van der Waals surface area contributed by atoms with Crippen molar-refractivity contribution in [1.82, 2.24) is 0 Å². The zero-order chi connectivity index (χ0) is 8.08. The number of halogens is 4. The predicted octanol–water partition coefficient (Wildman–Crippen LogP) is 2.31. The molecular weight excluding hydrogens is 187 g/mol. The van der Waals surface area contributed by atoms with Crippen LogP contribution in [0.2, 0.25) is 0 Å². The van der Waals surface area contributed by atoms with E-state index in [1.165, 1.54) is 0 Å². The standard InChI is InChI=1S/F4P.HO3S/c1-5(2,3)4;1-4(2)3/h;(H,1,2,3)/q+1;-1. The molecule has 1 N–H and O–H groups in total. The Morgan fingerprint density at radius 3 is 1.11 bits per heavy atom. The van der Waals surface area contributed by atoms with Crippen LogP contribution in [0, 0.1) is 0 Å². The van der Waals surface area contributed by atoms with E-state index in [4.69, 9.17) is 13.0 Å². The largest absolute Gasteiger partial charge is 0.755 e. The molecule has 0 bridgehead atoms. The van der Waals surface area contributed by atoms with Crippen molar-refractivity contribution in [3.8, 4) is 0 Å². The van der Waals surface area contributed by atoms with Gasteiger partial charge in [-0.15, -0.1) is 0 Å². The Hall–Kier alpha value is 0.0600. The quantitative estimate of drug-likeness (QED) is 0.208. The first-order valence-electron chi connectivity index (χ1n) is 1.19. The van der Waals surface area contributed by atoms with E-state index in [0.717, 1.165) is 0 Å². The van der Waals surface area contributed by atoms with E-state index in [-0.39, 0.29) is 0 Å². The van der Waals surface area contributed by atoms with Crippen molar-refractivity contribution >= 4 is 19.5 Å². The highest BCUT2D eigenvalue weighted by molar-refractivity contribution is 7.66. The van der Waals surface area contributed by atoms with E-state index in [2.05, 4.69) is 0 Å². The van der Waals surface area contributed by atoms with Crippen LogP contribution in [0.15, 0.2) is 0 Å². The molecule has 58 valence electrons. The molecule has 0 heterocycles. The summed E-state index contributed by atoms with van der Waals surface area (Å²) in [6, 6.07) is 0. The van der Waals surface area contributed by atoms with Gasteiger partial charge in [-0.3, -0.25) is 0 Å². The molecule has 0 aliphatic rings. The van der Waals surface area contributed by atoms with Crippen molar-refractivity contribution < 1.29 is 29.8 Å². The van der Waals surface area contributed by atoms with Gasteiger partial charge in [-0.2, -0.15) is 0 Å². The lowest BCUT2D eigenvalue weighted by atomic mass is 15.9. The monoisotopic (exact) mass is 188 g/mol. The molecule has 0 saturated carbocycles. The van der Waals surface area contributed by atoms with Crippen molar-refractivity contribution in [2.45, 2.75) is 0 Å². The zero-order valence-corrected chi connectivity index (χ0v) is 5.34. The van der Waals surface area contributed by atoms with Gasteiger partial charge in [0.15, 0.2) is 0 Å². The van der Waals surface area contributed by atoms with Crippen LogP contribution in [0.1, 0.15) is 0 Å². The molecule has 0 spiro atoms. The first-order valence-corrected chi connectivity index (χ1v) is 3.58. The van der Waals surface area contributed by atoms with Gasteiger partial charge in [0, 0.05) is 11.0 Å². The molecule has 0 rings (SSSR count). The molecule has 0 radical (unpaired) electrons. The van der Waals surface area contributed by atoms with E-state index < -0.39 is 19.5 Å². The first-order chi connectivity index (χ1) is 3.73. The van der Waals surface area contributed by atoms with Gasteiger partial charge in [0.1, 0.15) is 0 Å². The first kappa shape index (κ1) is 11.8. The second kappa shape index (κ2) is 4.89. The maximum absolute atomic E-state index is 9.80. The molecule has 0 aromatic carbocycles. The van der Waals surface area contributed by atoms with Gasteiger partial charge in [0.25, 0.3) is 0 Å². The smallest absolute Gasteiger partial charge is 0.439 e. The van der Waals surface area contributed by atoms with Crippen molar-refractivity contribution in [2.75, 3.05) is 0 Å². The molecule has 0 aromatic rings. The Bertz CT molecular complexity index is 110. The van der Waals surface area contributed by atoms with Gasteiger partial charge in [0.05, 0.1) is 16.8 Å². The Kier molecular flexibility index (Phi) is 6.42. The molecule has 9 heavy (non-hydrogen) atoms.